The summed E-state index contributed by atoms with van der Waals surface area (Å²) in [6.07, 6.45) is 0. The number of rotatable bonds is 4. The monoisotopic (exact) mass is 278 g/mol. The Morgan fingerprint density at radius 1 is 1.47 bits per heavy atom. The van der Waals surface area contributed by atoms with Crippen LogP contribution in [0.2, 0.25) is 5.02 Å². The minimum absolute atomic E-state index is 0.0173. The third-order valence-corrected chi connectivity index (χ3v) is 3.72. The first-order chi connectivity index (χ1) is 7.62. The second-order valence-electron chi connectivity index (χ2n) is 4.32. The van der Waals surface area contributed by atoms with Gasteiger partial charge in [-0.25, -0.2) is 13.1 Å². The lowest BCUT2D eigenvalue weighted by atomic mass is 10.1. The first-order valence-corrected chi connectivity index (χ1v) is 6.75. The summed E-state index contributed by atoms with van der Waals surface area (Å²) in [6, 6.07) is 4.04. The zero-order valence-corrected chi connectivity index (χ0v) is 11.1. The molecular weight excluding hydrogens is 264 g/mol. The number of nitrogen functional groups attached to an aromatic ring is 1. The third-order valence-electron chi connectivity index (χ3n) is 1.97. The normalized spacial score (nSPS) is 12.7. The number of hydrogen-bond donors (Lipinski definition) is 3. The van der Waals surface area contributed by atoms with Gasteiger partial charge in [-0.15, -0.1) is 0 Å². The van der Waals surface area contributed by atoms with Crippen LogP contribution in [-0.4, -0.2) is 25.7 Å². The molecule has 0 aliphatic heterocycles. The Kier molecular flexibility index (Phi) is 4.03. The topological polar surface area (TPSA) is 92.4 Å². The van der Waals surface area contributed by atoms with Gasteiger partial charge in [0.25, 0.3) is 0 Å². The van der Waals surface area contributed by atoms with Crippen molar-refractivity contribution in [2.45, 2.75) is 24.3 Å². The first kappa shape index (κ1) is 14.2. The molecule has 4 N–H and O–H groups in total. The molecule has 0 amide bonds. The van der Waals surface area contributed by atoms with Crippen molar-refractivity contribution in [1.29, 1.82) is 0 Å². The number of aliphatic hydroxyl groups is 1. The van der Waals surface area contributed by atoms with Crippen molar-refractivity contribution in [3.05, 3.63) is 23.2 Å². The molecule has 0 unspecified atom stereocenters. The minimum Gasteiger partial charge on any atom is -0.397 e. The molecule has 0 spiro atoms. The fourth-order valence-electron chi connectivity index (χ4n) is 1.04. The van der Waals surface area contributed by atoms with Gasteiger partial charge in [0.15, 0.2) is 0 Å². The van der Waals surface area contributed by atoms with Gasteiger partial charge in [-0.2, -0.15) is 0 Å². The van der Waals surface area contributed by atoms with Crippen molar-refractivity contribution in [2.24, 2.45) is 0 Å². The van der Waals surface area contributed by atoms with Crippen molar-refractivity contribution in [3.63, 3.8) is 0 Å². The lowest BCUT2D eigenvalue weighted by Gasteiger charge is -2.17. The molecule has 0 saturated carbocycles. The molecule has 0 heterocycles. The number of sulfonamides is 1. The first-order valence-electron chi connectivity index (χ1n) is 4.89. The summed E-state index contributed by atoms with van der Waals surface area (Å²) in [4.78, 5) is 0.0173. The zero-order chi connectivity index (χ0) is 13.3. The quantitative estimate of drug-likeness (QED) is 0.716. The third kappa shape index (κ3) is 4.16. The van der Waals surface area contributed by atoms with E-state index in [0.717, 1.165) is 0 Å². The van der Waals surface area contributed by atoms with Gasteiger partial charge in [-0.05, 0) is 32.0 Å². The average molecular weight is 279 g/mol. The molecule has 96 valence electrons. The molecular formula is C10H15ClN2O3S. The Morgan fingerprint density at radius 3 is 2.53 bits per heavy atom. The van der Waals surface area contributed by atoms with E-state index in [9.17, 15) is 13.5 Å². The molecule has 1 rings (SSSR count). The summed E-state index contributed by atoms with van der Waals surface area (Å²) < 4.78 is 25.9. The van der Waals surface area contributed by atoms with Gasteiger partial charge in [0, 0.05) is 6.54 Å². The van der Waals surface area contributed by atoms with Crippen LogP contribution in [0.3, 0.4) is 0 Å². The van der Waals surface area contributed by atoms with E-state index in [0.29, 0.717) is 5.02 Å². The standard InChI is InChI=1S/C10H15ClN2O3S/c1-10(2,14)6-13-17(15,16)7-3-4-8(11)9(12)5-7/h3-5,13-14H,6,12H2,1-2H3. The summed E-state index contributed by atoms with van der Waals surface area (Å²) in [5.74, 6) is 0. The Bertz CT molecular complexity index is 509. The van der Waals surface area contributed by atoms with Crippen molar-refractivity contribution in [3.8, 4) is 0 Å². The summed E-state index contributed by atoms with van der Waals surface area (Å²) >= 11 is 5.70. The lowest BCUT2D eigenvalue weighted by molar-refractivity contribution is 0.0857. The average Bonchev–Trinajstić information content (AvgIpc) is 2.18. The van der Waals surface area contributed by atoms with Gasteiger partial charge in [0.05, 0.1) is 21.2 Å². The Morgan fingerprint density at radius 2 is 2.06 bits per heavy atom. The Hall–Kier alpha value is -0.820. The van der Waals surface area contributed by atoms with Crippen molar-refractivity contribution < 1.29 is 13.5 Å². The largest absolute Gasteiger partial charge is 0.397 e. The van der Waals surface area contributed by atoms with E-state index >= 15 is 0 Å². The van der Waals surface area contributed by atoms with E-state index in [2.05, 4.69) is 4.72 Å². The maximum atomic E-state index is 11.8. The minimum atomic E-state index is -3.68. The number of nitrogens with one attached hydrogen (secondary N) is 1. The van der Waals surface area contributed by atoms with E-state index < -0.39 is 15.6 Å². The van der Waals surface area contributed by atoms with Gasteiger partial charge in [-0.3, -0.25) is 0 Å². The summed E-state index contributed by atoms with van der Waals surface area (Å²) in [5, 5.41) is 9.75. The molecule has 0 bridgehead atoms. The van der Waals surface area contributed by atoms with E-state index in [1.54, 1.807) is 0 Å². The highest BCUT2D eigenvalue weighted by atomic mass is 35.5. The van der Waals surface area contributed by atoms with Gasteiger partial charge in [-0.1, -0.05) is 11.6 Å². The van der Waals surface area contributed by atoms with Gasteiger partial charge in [0.1, 0.15) is 0 Å². The predicted octanol–water partition coefficient (Wildman–Crippen LogP) is 0.971. The van der Waals surface area contributed by atoms with Crippen LogP contribution in [0.5, 0.6) is 0 Å². The molecule has 0 aliphatic rings. The van der Waals surface area contributed by atoms with E-state index in [4.69, 9.17) is 17.3 Å². The van der Waals surface area contributed by atoms with Gasteiger partial charge < -0.3 is 10.8 Å². The van der Waals surface area contributed by atoms with Crippen LogP contribution in [0.15, 0.2) is 23.1 Å². The van der Waals surface area contributed by atoms with Crippen LogP contribution in [0.1, 0.15) is 13.8 Å². The van der Waals surface area contributed by atoms with Crippen LogP contribution in [0, 0.1) is 0 Å². The Labute approximate surface area is 106 Å². The second kappa shape index (κ2) is 4.81. The second-order valence-corrected chi connectivity index (χ2v) is 6.49. The molecule has 1 aromatic carbocycles. The van der Waals surface area contributed by atoms with E-state index in [-0.39, 0.29) is 17.1 Å². The highest BCUT2D eigenvalue weighted by Gasteiger charge is 2.20. The number of halogens is 1. The highest BCUT2D eigenvalue weighted by molar-refractivity contribution is 7.89. The fraction of sp³-hybridized carbons (Fsp3) is 0.400. The Balaban J connectivity index is 2.94. The van der Waals surface area contributed by atoms with E-state index in [1.807, 2.05) is 0 Å². The van der Waals surface area contributed by atoms with Crippen LogP contribution in [-0.2, 0) is 10.0 Å². The fourth-order valence-corrected chi connectivity index (χ4v) is 2.40. The SMILES string of the molecule is CC(C)(O)CNS(=O)(=O)c1ccc(Cl)c(N)c1. The number of anilines is 1. The molecule has 0 aliphatic carbocycles. The van der Waals surface area contributed by atoms with Crippen LogP contribution >= 0.6 is 11.6 Å². The van der Waals surface area contributed by atoms with Crippen LogP contribution in [0.4, 0.5) is 5.69 Å². The molecule has 5 nitrogen and oxygen atoms in total. The number of hydrogen-bond acceptors (Lipinski definition) is 4. The maximum absolute atomic E-state index is 11.8. The molecule has 0 radical (unpaired) electrons. The van der Waals surface area contributed by atoms with Crippen molar-refractivity contribution in [2.75, 3.05) is 12.3 Å². The highest BCUT2D eigenvalue weighted by Crippen LogP contribution is 2.22. The molecule has 0 saturated heterocycles. The molecule has 0 fully saturated rings. The smallest absolute Gasteiger partial charge is 0.240 e. The van der Waals surface area contributed by atoms with Crippen LogP contribution in [0.25, 0.3) is 0 Å². The van der Waals surface area contributed by atoms with Gasteiger partial charge in [0.2, 0.25) is 10.0 Å². The van der Waals surface area contributed by atoms with Gasteiger partial charge >= 0.3 is 0 Å². The molecule has 0 aromatic heterocycles. The number of benzene rings is 1. The molecule has 0 atom stereocenters. The van der Waals surface area contributed by atoms with E-state index in [1.165, 1.54) is 32.0 Å². The summed E-state index contributed by atoms with van der Waals surface area (Å²) in [7, 11) is -3.68. The number of nitrogens with two attached hydrogens (primary N) is 1. The van der Waals surface area contributed by atoms with Crippen molar-refractivity contribution in [1.82, 2.24) is 4.72 Å². The molecule has 17 heavy (non-hydrogen) atoms. The van der Waals surface area contributed by atoms with Crippen LogP contribution < -0.4 is 10.5 Å². The molecule has 7 heteroatoms. The lowest BCUT2D eigenvalue weighted by Crippen LogP contribution is -2.38. The summed E-state index contributed by atoms with van der Waals surface area (Å²) in [6.45, 7) is 2.93. The van der Waals surface area contributed by atoms with Crippen molar-refractivity contribution >= 4 is 27.3 Å². The maximum Gasteiger partial charge on any atom is 0.240 e. The molecule has 1 aromatic rings. The zero-order valence-electron chi connectivity index (χ0n) is 9.57. The summed E-state index contributed by atoms with van der Waals surface area (Å²) in [5.41, 5.74) is 4.60. The predicted molar refractivity (Wildman–Crippen MR) is 67.4 cm³/mol.